The summed E-state index contributed by atoms with van der Waals surface area (Å²) in [5.41, 5.74) is 1.75. The van der Waals surface area contributed by atoms with E-state index in [4.69, 9.17) is 0 Å². The van der Waals surface area contributed by atoms with Gasteiger partial charge in [0.25, 0.3) is 5.95 Å². The van der Waals surface area contributed by atoms with Gasteiger partial charge in [0.2, 0.25) is 10.0 Å². The van der Waals surface area contributed by atoms with Crippen LogP contribution in [0.15, 0.2) is 36.7 Å². The number of hydrogen-bond acceptors (Lipinski definition) is 6. The number of aromatic nitrogens is 3. The SMILES string of the molecule is CCNCc1cccc(CS(=O)(=O)Nc2nccnn2)c1. The zero-order valence-corrected chi connectivity index (χ0v) is 12.5. The fraction of sp³-hybridized carbons (Fsp3) is 0.308. The van der Waals surface area contributed by atoms with Crippen molar-refractivity contribution in [2.24, 2.45) is 0 Å². The highest BCUT2D eigenvalue weighted by Gasteiger charge is 2.13. The second-order valence-electron chi connectivity index (χ2n) is 4.43. The van der Waals surface area contributed by atoms with E-state index >= 15 is 0 Å². The molecule has 112 valence electrons. The molecule has 1 aromatic heterocycles. The Bertz CT molecular complexity index is 676. The first-order valence-electron chi connectivity index (χ1n) is 6.52. The first-order chi connectivity index (χ1) is 10.1. The van der Waals surface area contributed by atoms with Gasteiger partial charge in [-0.25, -0.2) is 18.1 Å². The van der Waals surface area contributed by atoms with Crippen molar-refractivity contribution in [1.29, 1.82) is 0 Å². The van der Waals surface area contributed by atoms with Crippen LogP contribution >= 0.6 is 0 Å². The summed E-state index contributed by atoms with van der Waals surface area (Å²) in [5, 5.41) is 10.4. The summed E-state index contributed by atoms with van der Waals surface area (Å²) >= 11 is 0. The van der Waals surface area contributed by atoms with Gasteiger partial charge in [0, 0.05) is 6.54 Å². The molecule has 1 heterocycles. The molecular weight excluding hydrogens is 290 g/mol. The van der Waals surface area contributed by atoms with Crippen molar-refractivity contribution < 1.29 is 8.42 Å². The Morgan fingerprint density at radius 1 is 1.19 bits per heavy atom. The summed E-state index contributed by atoms with van der Waals surface area (Å²) in [7, 11) is -3.56. The Morgan fingerprint density at radius 3 is 2.71 bits per heavy atom. The number of nitrogens with zero attached hydrogens (tertiary/aromatic N) is 3. The standard InChI is InChI=1S/C13H17N5O2S/c1-2-14-9-11-4-3-5-12(8-11)10-21(19,20)18-13-15-6-7-16-17-13/h3-8,14H,2,9-10H2,1H3,(H,15,17,18). The molecule has 0 radical (unpaired) electrons. The number of nitrogens with one attached hydrogen (secondary N) is 2. The van der Waals surface area contributed by atoms with Crippen LogP contribution in [0.1, 0.15) is 18.1 Å². The van der Waals surface area contributed by atoms with Gasteiger partial charge in [-0.05, 0) is 17.7 Å². The van der Waals surface area contributed by atoms with Gasteiger partial charge in [0.15, 0.2) is 0 Å². The highest BCUT2D eigenvalue weighted by molar-refractivity contribution is 7.91. The quantitative estimate of drug-likeness (QED) is 0.789. The van der Waals surface area contributed by atoms with Crippen molar-refractivity contribution in [2.75, 3.05) is 11.3 Å². The van der Waals surface area contributed by atoms with Crippen LogP contribution in [0.4, 0.5) is 5.95 Å². The van der Waals surface area contributed by atoms with E-state index < -0.39 is 10.0 Å². The van der Waals surface area contributed by atoms with Crippen molar-refractivity contribution in [3.05, 3.63) is 47.8 Å². The number of benzene rings is 1. The van der Waals surface area contributed by atoms with Gasteiger partial charge in [-0.1, -0.05) is 31.2 Å². The van der Waals surface area contributed by atoms with Crippen LogP contribution < -0.4 is 10.0 Å². The number of anilines is 1. The smallest absolute Gasteiger partial charge is 0.256 e. The van der Waals surface area contributed by atoms with Gasteiger partial charge in [0.1, 0.15) is 0 Å². The summed E-state index contributed by atoms with van der Waals surface area (Å²) in [6.45, 7) is 3.60. The van der Waals surface area contributed by atoms with Crippen LogP contribution in [0.3, 0.4) is 0 Å². The maximum atomic E-state index is 12.1. The van der Waals surface area contributed by atoms with E-state index in [2.05, 4.69) is 25.2 Å². The molecule has 0 spiro atoms. The molecule has 8 heteroatoms. The zero-order valence-electron chi connectivity index (χ0n) is 11.7. The molecule has 0 unspecified atom stereocenters. The lowest BCUT2D eigenvalue weighted by Crippen LogP contribution is -2.17. The second-order valence-corrected chi connectivity index (χ2v) is 6.15. The van der Waals surface area contributed by atoms with Crippen LogP contribution in [-0.4, -0.2) is 30.1 Å². The first kappa shape index (κ1) is 15.3. The molecule has 0 aliphatic rings. The zero-order chi connectivity index (χ0) is 15.1. The van der Waals surface area contributed by atoms with Crippen molar-refractivity contribution in [2.45, 2.75) is 19.2 Å². The minimum absolute atomic E-state index is 0.0266. The largest absolute Gasteiger partial charge is 0.313 e. The molecule has 2 N–H and O–H groups in total. The lowest BCUT2D eigenvalue weighted by Gasteiger charge is -2.08. The van der Waals surface area contributed by atoms with Crippen molar-refractivity contribution in [3.63, 3.8) is 0 Å². The van der Waals surface area contributed by atoms with Crippen LogP contribution in [0.2, 0.25) is 0 Å². The molecular formula is C13H17N5O2S. The molecule has 1 aromatic carbocycles. The molecule has 21 heavy (non-hydrogen) atoms. The maximum Gasteiger partial charge on any atom is 0.256 e. The molecule has 0 atom stereocenters. The van der Waals surface area contributed by atoms with E-state index in [1.165, 1.54) is 12.4 Å². The Hall–Kier alpha value is -2.06. The number of rotatable bonds is 7. The molecule has 0 amide bonds. The average molecular weight is 307 g/mol. The molecule has 7 nitrogen and oxygen atoms in total. The molecule has 0 saturated carbocycles. The predicted octanol–water partition coefficient (Wildman–Crippen LogP) is 0.923. The third kappa shape index (κ3) is 5.09. The van der Waals surface area contributed by atoms with Gasteiger partial charge in [-0.3, -0.25) is 0 Å². The van der Waals surface area contributed by atoms with Crippen molar-refractivity contribution in [3.8, 4) is 0 Å². The maximum absolute atomic E-state index is 12.1. The molecule has 0 saturated heterocycles. The third-order valence-electron chi connectivity index (χ3n) is 2.66. The summed E-state index contributed by atoms with van der Waals surface area (Å²) in [6, 6.07) is 7.44. The summed E-state index contributed by atoms with van der Waals surface area (Å²) < 4.78 is 26.4. The van der Waals surface area contributed by atoms with Gasteiger partial charge < -0.3 is 5.32 Å². The van der Waals surface area contributed by atoms with E-state index in [0.29, 0.717) is 12.1 Å². The van der Waals surface area contributed by atoms with Gasteiger partial charge in [-0.15, -0.1) is 5.10 Å². The Labute approximate surface area is 123 Å². The van der Waals surface area contributed by atoms with E-state index in [1.807, 2.05) is 25.1 Å². The van der Waals surface area contributed by atoms with Crippen molar-refractivity contribution in [1.82, 2.24) is 20.5 Å². The minimum Gasteiger partial charge on any atom is -0.313 e. The average Bonchev–Trinajstić information content (AvgIpc) is 2.45. The molecule has 0 bridgehead atoms. The van der Waals surface area contributed by atoms with Crippen LogP contribution in [0, 0.1) is 0 Å². The first-order valence-corrected chi connectivity index (χ1v) is 8.17. The van der Waals surface area contributed by atoms with E-state index in [0.717, 1.165) is 12.1 Å². The fourth-order valence-corrected chi connectivity index (χ4v) is 2.85. The summed E-state index contributed by atoms with van der Waals surface area (Å²) in [4.78, 5) is 3.79. The van der Waals surface area contributed by atoms with Gasteiger partial charge in [-0.2, -0.15) is 5.10 Å². The summed E-state index contributed by atoms with van der Waals surface area (Å²) in [5.74, 6) is -0.160. The van der Waals surface area contributed by atoms with Crippen LogP contribution in [-0.2, 0) is 22.3 Å². The van der Waals surface area contributed by atoms with E-state index in [1.54, 1.807) is 6.07 Å². The Morgan fingerprint density at radius 2 is 2.00 bits per heavy atom. The third-order valence-corrected chi connectivity index (χ3v) is 3.86. The second kappa shape index (κ2) is 7.09. The van der Waals surface area contributed by atoms with Crippen molar-refractivity contribution >= 4 is 16.0 Å². The topological polar surface area (TPSA) is 96.9 Å². The molecule has 2 aromatic rings. The Balaban J connectivity index is 2.06. The lowest BCUT2D eigenvalue weighted by molar-refractivity contribution is 0.600. The van der Waals surface area contributed by atoms with E-state index in [9.17, 15) is 8.42 Å². The van der Waals surface area contributed by atoms with Gasteiger partial charge >= 0.3 is 0 Å². The normalized spacial score (nSPS) is 11.3. The van der Waals surface area contributed by atoms with Gasteiger partial charge in [0.05, 0.1) is 18.1 Å². The minimum atomic E-state index is -3.56. The highest BCUT2D eigenvalue weighted by atomic mass is 32.2. The monoisotopic (exact) mass is 307 g/mol. The van der Waals surface area contributed by atoms with E-state index in [-0.39, 0.29) is 11.7 Å². The number of hydrogen-bond donors (Lipinski definition) is 2. The Kier molecular flexibility index (Phi) is 5.18. The van der Waals surface area contributed by atoms with Crippen LogP contribution in [0.5, 0.6) is 0 Å². The molecule has 0 aliphatic carbocycles. The molecule has 0 aliphatic heterocycles. The fourth-order valence-electron chi connectivity index (χ4n) is 1.79. The molecule has 2 rings (SSSR count). The number of sulfonamides is 1. The highest BCUT2D eigenvalue weighted by Crippen LogP contribution is 2.10. The van der Waals surface area contributed by atoms with Crippen LogP contribution in [0.25, 0.3) is 0 Å². The molecule has 0 fully saturated rings. The lowest BCUT2D eigenvalue weighted by atomic mass is 10.1. The summed E-state index contributed by atoms with van der Waals surface area (Å²) in [6.07, 6.45) is 2.75. The predicted molar refractivity (Wildman–Crippen MR) is 79.9 cm³/mol.